The molecule has 86 valence electrons. The molecule has 0 amide bonds. The summed E-state index contributed by atoms with van der Waals surface area (Å²) >= 11 is 0. The largest absolute Gasteiger partial charge is 0.374 e. The molecule has 3 nitrogen and oxygen atoms in total. The number of ether oxygens (including phenoxy) is 1. The summed E-state index contributed by atoms with van der Waals surface area (Å²) in [7, 11) is 4.14. The number of terminal acetylenes is 1. The molecule has 1 saturated heterocycles. The first-order chi connectivity index (χ1) is 7.27. The lowest BCUT2D eigenvalue weighted by Crippen LogP contribution is -2.50. The van der Waals surface area contributed by atoms with E-state index < -0.39 is 0 Å². The molecule has 0 spiro atoms. The molecule has 0 saturated carbocycles. The molecular weight excluding hydrogens is 188 g/mol. The van der Waals surface area contributed by atoms with E-state index in [2.05, 4.69) is 23.2 Å². The van der Waals surface area contributed by atoms with Crippen LogP contribution in [-0.2, 0) is 4.74 Å². The predicted molar refractivity (Wildman–Crippen MR) is 62.8 cm³/mol. The lowest BCUT2D eigenvalue weighted by Gasteiger charge is -2.35. The van der Waals surface area contributed by atoms with Crippen molar-refractivity contribution in [2.24, 2.45) is 0 Å². The maximum atomic E-state index is 5.78. The van der Waals surface area contributed by atoms with Gasteiger partial charge >= 0.3 is 0 Å². The zero-order chi connectivity index (χ0) is 11.1. The second kappa shape index (κ2) is 6.84. The van der Waals surface area contributed by atoms with Crippen LogP contribution in [0.15, 0.2) is 0 Å². The first-order valence-electron chi connectivity index (χ1n) is 5.68. The van der Waals surface area contributed by atoms with Crippen molar-refractivity contribution in [3.8, 4) is 12.3 Å². The number of hydrogen-bond acceptors (Lipinski definition) is 3. The molecule has 2 atom stereocenters. The first-order valence-corrected chi connectivity index (χ1v) is 5.68. The van der Waals surface area contributed by atoms with E-state index in [0.717, 1.165) is 39.0 Å². The average molecular weight is 210 g/mol. The second-order valence-electron chi connectivity index (χ2n) is 4.16. The highest BCUT2D eigenvalue weighted by atomic mass is 16.5. The van der Waals surface area contributed by atoms with E-state index in [1.165, 1.54) is 0 Å². The molecule has 0 aliphatic carbocycles. The molecule has 15 heavy (non-hydrogen) atoms. The minimum atomic E-state index is 0.312. The molecule has 1 heterocycles. The number of hydrogen-bond donors (Lipinski definition) is 1. The minimum absolute atomic E-state index is 0.312. The number of morpholine rings is 1. The SMILES string of the molecule is C#CCCCC(NC)C1CN(C)CCO1. The van der Waals surface area contributed by atoms with Gasteiger partial charge in [0, 0.05) is 25.6 Å². The third-order valence-electron chi connectivity index (χ3n) is 2.95. The monoisotopic (exact) mass is 210 g/mol. The van der Waals surface area contributed by atoms with Crippen LogP contribution in [0.5, 0.6) is 0 Å². The summed E-state index contributed by atoms with van der Waals surface area (Å²) < 4.78 is 5.78. The van der Waals surface area contributed by atoms with Gasteiger partial charge in [-0.15, -0.1) is 12.3 Å². The number of likely N-dealkylation sites (N-methyl/N-ethyl adjacent to an activating group) is 2. The number of unbranched alkanes of at least 4 members (excludes halogenated alkanes) is 1. The van der Waals surface area contributed by atoms with Crippen molar-refractivity contribution in [2.75, 3.05) is 33.8 Å². The highest BCUT2D eigenvalue weighted by Crippen LogP contribution is 2.12. The standard InChI is InChI=1S/C12H22N2O/c1-4-5-6-7-11(13-2)12-10-14(3)8-9-15-12/h1,11-13H,5-10H2,2-3H3. The van der Waals surface area contributed by atoms with Crippen molar-refractivity contribution in [1.29, 1.82) is 0 Å². The van der Waals surface area contributed by atoms with Gasteiger partial charge in [0.05, 0.1) is 12.7 Å². The fourth-order valence-electron chi connectivity index (χ4n) is 1.99. The van der Waals surface area contributed by atoms with E-state index in [4.69, 9.17) is 11.2 Å². The van der Waals surface area contributed by atoms with Crippen LogP contribution in [0.2, 0.25) is 0 Å². The van der Waals surface area contributed by atoms with Gasteiger partial charge in [0.15, 0.2) is 0 Å². The summed E-state index contributed by atoms with van der Waals surface area (Å²) in [4.78, 5) is 2.32. The van der Waals surface area contributed by atoms with Crippen molar-refractivity contribution < 1.29 is 4.74 Å². The third-order valence-corrected chi connectivity index (χ3v) is 2.95. The van der Waals surface area contributed by atoms with E-state index >= 15 is 0 Å². The van der Waals surface area contributed by atoms with E-state index in [-0.39, 0.29) is 0 Å². The number of nitrogens with zero attached hydrogens (tertiary/aromatic N) is 1. The second-order valence-corrected chi connectivity index (χ2v) is 4.16. The quantitative estimate of drug-likeness (QED) is 0.534. The summed E-state index contributed by atoms with van der Waals surface area (Å²) in [6, 6.07) is 0.432. The van der Waals surface area contributed by atoms with Crippen LogP contribution in [0, 0.1) is 12.3 Å². The topological polar surface area (TPSA) is 24.5 Å². The lowest BCUT2D eigenvalue weighted by atomic mass is 10.0. The Morgan fingerprint density at radius 2 is 2.47 bits per heavy atom. The summed E-state index contributed by atoms with van der Waals surface area (Å²) in [6.45, 7) is 2.90. The Bertz CT molecular complexity index is 212. The van der Waals surface area contributed by atoms with Crippen molar-refractivity contribution in [2.45, 2.75) is 31.4 Å². The van der Waals surface area contributed by atoms with Gasteiger partial charge in [-0.1, -0.05) is 0 Å². The molecule has 0 aromatic carbocycles. The van der Waals surface area contributed by atoms with Gasteiger partial charge in [0.1, 0.15) is 0 Å². The Morgan fingerprint density at radius 1 is 1.67 bits per heavy atom. The maximum Gasteiger partial charge on any atom is 0.0855 e. The van der Waals surface area contributed by atoms with Gasteiger partial charge in [0.2, 0.25) is 0 Å². The lowest BCUT2D eigenvalue weighted by molar-refractivity contribution is -0.0388. The van der Waals surface area contributed by atoms with Crippen LogP contribution in [0.1, 0.15) is 19.3 Å². The van der Waals surface area contributed by atoms with E-state index in [1.807, 2.05) is 7.05 Å². The average Bonchev–Trinajstić information content (AvgIpc) is 2.24. The summed E-state index contributed by atoms with van der Waals surface area (Å²) in [5.41, 5.74) is 0. The van der Waals surface area contributed by atoms with Gasteiger partial charge in [0.25, 0.3) is 0 Å². The van der Waals surface area contributed by atoms with Crippen molar-refractivity contribution >= 4 is 0 Å². The van der Waals surface area contributed by atoms with E-state index in [1.54, 1.807) is 0 Å². The van der Waals surface area contributed by atoms with E-state index in [0.29, 0.717) is 12.1 Å². The predicted octanol–water partition coefficient (Wildman–Crippen LogP) is 0.709. The van der Waals surface area contributed by atoms with Crippen LogP contribution in [0.4, 0.5) is 0 Å². The molecule has 1 N–H and O–H groups in total. The molecule has 1 rings (SSSR count). The van der Waals surface area contributed by atoms with Crippen LogP contribution >= 0.6 is 0 Å². The number of nitrogens with one attached hydrogen (secondary N) is 1. The Hall–Kier alpha value is -0.560. The van der Waals surface area contributed by atoms with Crippen molar-refractivity contribution in [3.05, 3.63) is 0 Å². The van der Waals surface area contributed by atoms with Crippen LogP contribution in [0.25, 0.3) is 0 Å². The Labute approximate surface area is 93.2 Å². The molecule has 0 aromatic rings. The molecule has 1 aliphatic heterocycles. The van der Waals surface area contributed by atoms with E-state index in [9.17, 15) is 0 Å². The van der Waals surface area contributed by atoms with Crippen molar-refractivity contribution in [1.82, 2.24) is 10.2 Å². The Morgan fingerprint density at radius 3 is 3.07 bits per heavy atom. The molecule has 0 aromatic heterocycles. The summed E-state index contributed by atoms with van der Waals surface area (Å²) in [5.74, 6) is 2.68. The molecule has 2 unspecified atom stereocenters. The molecule has 0 radical (unpaired) electrons. The highest BCUT2D eigenvalue weighted by molar-refractivity contribution is 4.86. The summed E-state index contributed by atoms with van der Waals surface area (Å²) in [5, 5.41) is 3.33. The Balaban J connectivity index is 2.33. The molecule has 3 heteroatoms. The molecule has 0 bridgehead atoms. The Kier molecular flexibility index (Phi) is 5.70. The zero-order valence-electron chi connectivity index (χ0n) is 9.83. The van der Waals surface area contributed by atoms with Gasteiger partial charge in [-0.2, -0.15) is 0 Å². The normalized spacial score (nSPS) is 24.7. The highest BCUT2D eigenvalue weighted by Gasteiger charge is 2.24. The number of rotatable bonds is 5. The summed E-state index contributed by atoms with van der Waals surface area (Å²) in [6.07, 6.45) is 8.59. The van der Waals surface area contributed by atoms with Crippen LogP contribution in [0.3, 0.4) is 0 Å². The van der Waals surface area contributed by atoms with Crippen LogP contribution in [-0.4, -0.2) is 50.8 Å². The van der Waals surface area contributed by atoms with Gasteiger partial charge in [-0.25, -0.2) is 0 Å². The molecule has 1 fully saturated rings. The maximum absolute atomic E-state index is 5.78. The molecular formula is C12H22N2O. The van der Waals surface area contributed by atoms with Gasteiger partial charge in [-0.05, 0) is 26.9 Å². The first kappa shape index (κ1) is 12.5. The zero-order valence-corrected chi connectivity index (χ0v) is 9.83. The minimum Gasteiger partial charge on any atom is -0.374 e. The van der Waals surface area contributed by atoms with Gasteiger partial charge in [-0.3, -0.25) is 0 Å². The fraction of sp³-hybridized carbons (Fsp3) is 0.833. The third kappa shape index (κ3) is 4.21. The van der Waals surface area contributed by atoms with Crippen molar-refractivity contribution in [3.63, 3.8) is 0 Å². The van der Waals surface area contributed by atoms with Gasteiger partial charge < -0.3 is 15.0 Å². The fourth-order valence-corrected chi connectivity index (χ4v) is 1.99. The van der Waals surface area contributed by atoms with Crippen LogP contribution < -0.4 is 5.32 Å². The smallest absolute Gasteiger partial charge is 0.0855 e. The molecule has 1 aliphatic rings.